The van der Waals surface area contributed by atoms with E-state index in [0.717, 1.165) is 40.0 Å². The van der Waals surface area contributed by atoms with Crippen LogP contribution in [-0.4, -0.2) is 28.5 Å². The molecule has 7 nitrogen and oxygen atoms in total. The molecule has 0 unspecified atom stereocenters. The van der Waals surface area contributed by atoms with E-state index in [9.17, 15) is 13.2 Å². The Morgan fingerprint density at radius 2 is 1.02 bits per heavy atom. The van der Waals surface area contributed by atoms with Crippen LogP contribution in [0, 0.1) is 0 Å². The summed E-state index contributed by atoms with van der Waals surface area (Å²) in [7, 11) is 0.130. The Hall–Kier alpha value is -4.82. The lowest BCUT2D eigenvalue weighted by molar-refractivity contribution is -0.138. The van der Waals surface area contributed by atoms with Crippen molar-refractivity contribution in [3.8, 4) is 0 Å². The Bertz CT molecular complexity index is 1600. The Balaban J connectivity index is 1.43. The second-order valence-electron chi connectivity index (χ2n) is 9.23. The van der Waals surface area contributed by atoms with Gasteiger partial charge < -0.3 is 19.3 Å². The summed E-state index contributed by atoms with van der Waals surface area (Å²) < 4.78 is 37.0. The zero-order chi connectivity index (χ0) is 29.4. The van der Waals surface area contributed by atoms with Gasteiger partial charge >= 0.3 is 5.97 Å². The zero-order valence-corrected chi connectivity index (χ0v) is 23.9. The predicted octanol–water partition coefficient (Wildman–Crippen LogP) is 6.94. The number of sulfone groups is 1. The molecule has 0 amide bonds. The van der Waals surface area contributed by atoms with E-state index in [4.69, 9.17) is 9.47 Å². The van der Waals surface area contributed by atoms with Crippen molar-refractivity contribution in [2.45, 2.75) is 23.0 Å². The second-order valence-corrected chi connectivity index (χ2v) is 11.2. The fourth-order valence-electron chi connectivity index (χ4n) is 4.13. The van der Waals surface area contributed by atoms with Gasteiger partial charge in [-0.25, -0.2) is 13.2 Å². The third-order valence-electron chi connectivity index (χ3n) is 6.63. The van der Waals surface area contributed by atoms with Gasteiger partial charge in [0.05, 0.1) is 16.1 Å². The summed E-state index contributed by atoms with van der Waals surface area (Å²) in [5.74, 6) is -0.471. The molecule has 41 heavy (non-hydrogen) atoms. The molecule has 4 rings (SSSR count). The molecule has 0 atom stereocenters. The van der Waals surface area contributed by atoms with Crippen molar-refractivity contribution in [1.29, 1.82) is 0 Å². The van der Waals surface area contributed by atoms with E-state index in [1.165, 1.54) is 6.26 Å². The van der Waals surface area contributed by atoms with E-state index < -0.39 is 15.8 Å². The maximum Gasteiger partial charge on any atom is 0.330 e. The van der Waals surface area contributed by atoms with Crippen LogP contribution in [0.4, 0.5) is 22.7 Å². The van der Waals surface area contributed by atoms with Crippen LogP contribution < -0.4 is 9.80 Å². The van der Waals surface area contributed by atoms with Crippen LogP contribution in [0.25, 0.3) is 0 Å². The summed E-state index contributed by atoms with van der Waals surface area (Å²) in [5, 5.41) is 0. The molecule has 0 saturated heterocycles. The third-order valence-corrected chi connectivity index (χ3v) is 8.42. The zero-order valence-electron chi connectivity index (χ0n) is 23.1. The molecule has 0 bridgehead atoms. The van der Waals surface area contributed by atoms with Crippen LogP contribution in [0.1, 0.15) is 11.1 Å². The number of nitrogens with zero attached hydrogens (tertiary/aromatic N) is 2. The number of carbonyl (C=O) groups is 1. The van der Waals surface area contributed by atoms with Gasteiger partial charge in [-0.05, 0) is 83.9 Å². The highest BCUT2D eigenvalue weighted by Gasteiger charge is 2.18. The summed E-state index contributed by atoms with van der Waals surface area (Å²) in [6.45, 7) is 7.56. The van der Waals surface area contributed by atoms with Crippen molar-refractivity contribution >= 4 is 38.6 Å². The molecule has 4 aromatic rings. The molecule has 0 heterocycles. The van der Waals surface area contributed by atoms with Gasteiger partial charge in [0, 0.05) is 42.9 Å². The van der Waals surface area contributed by atoms with Crippen molar-refractivity contribution in [2.75, 3.05) is 23.9 Å². The van der Waals surface area contributed by atoms with Crippen molar-refractivity contribution < 1.29 is 22.7 Å². The van der Waals surface area contributed by atoms with Gasteiger partial charge in [0.15, 0.2) is 0 Å². The van der Waals surface area contributed by atoms with E-state index >= 15 is 0 Å². The number of rotatable bonds is 12. The summed E-state index contributed by atoms with van der Waals surface area (Å²) in [6, 6.07) is 29.1. The van der Waals surface area contributed by atoms with Gasteiger partial charge in [0.25, 0.3) is 0 Å². The lowest BCUT2D eigenvalue weighted by atomic mass is 10.2. The molecule has 4 aromatic carbocycles. The molecular weight excluding hydrogens is 536 g/mol. The Kier molecular flexibility index (Phi) is 9.26. The maximum atomic E-state index is 13.3. The van der Waals surface area contributed by atoms with Crippen LogP contribution in [0.2, 0.25) is 0 Å². The lowest BCUT2D eigenvalue weighted by Gasteiger charge is -2.21. The molecule has 0 radical (unpaired) electrons. The summed E-state index contributed by atoms with van der Waals surface area (Å²) >= 11 is 0. The molecule has 210 valence electrons. The average molecular weight is 569 g/mol. The number of hydrogen-bond acceptors (Lipinski definition) is 7. The van der Waals surface area contributed by atoms with E-state index in [1.807, 2.05) is 72.4 Å². The Morgan fingerprint density at radius 1 is 0.659 bits per heavy atom. The van der Waals surface area contributed by atoms with Gasteiger partial charge in [0.2, 0.25) is 9.84 Å². The highest BCUT2D eigenvalue weighted by Crippen LogP contribution is 2.30. The molecule has 0 N–H and O–H groups in total. The van der Waals surface area contributed by atoms with E-state index in [2.05, 4.69) is 13.2 Å². The summed E-state index contributed by atoms with van der Waals surface area (Å²) in [6.07, 6.45) is 2.54. The molecule has 0 fully saturated rings. The van der Waals surface area contributed by atoms with E-state index in [1.54, 1.807) is 48.5 Å². The van der Waals surface area contributed by atoms with Crippen LogP contribution in [0.3, 0.4) is 0 Å². The Morgan fingerprint density at radius 3 is 1.39 bits per heavy atom. The van der Waals surface area contributed by atoms with Gasteiger partial charge in [0.1, 0.15) is 13.2 Å². The fourth-order valence-corrected chi connectivity index (χ4v) is 5.39. The number of carbonyl (C=O) groups excluding carboxylic acids is 1. The second kappa shape index (κ2) is 13.0. The minimum absolute atomic E-state index is 0.165. The quantitative estimate of drug-likeness (QED) is 0.104. The van der Waals surface area contributed by atoms with Crippen LogP contribution in [0.15, 0.2) is 132 Å². The Labute approximate surface area is 241 Å². The first-order valence-corrected chi connectivity index (χ1v) is 14.3. The standard InChI is InChI=1S/C33H32N2O5S/c1-5-33(36)40-24-26-9-13-28(14-10-26)35(4)30-17-21-32(22-18-30)41(37,38)31-19-15-29(16-20-31)34(3)27-11-7-25(8-12-27)23-39-6-2/h5-22H,1-2,23-24H2,3-4H3. The smallest absolute Gasteiger partial charge is 0.330 e. The molecule has 0 aromatic heterocycles. The first kappa shape index (κ1) is 29.2. The summed E-state index contributed by atoms with van der Waals surface area (Å²) in [5.41, 5.74) is 5.44. The highest BCUT2D eigenvalue weighted by atomic mass is 32.2. The van der Waals surface area contributed by atoms with E-state index in [-0.39, 0.29) is 16.4 Å². The minimum atomic E-state index is -3.70. The maximum absolute atomic E-state index is 13.3. The van der Waals surface area contributed by atoms with E-state index in [0.29, 0.717) is 6.61 Å². The first-order chi connectivity index (χ1) is 19.7. The lowest BCUT2D eigenvalue weighted by Crippen LogP contribution is -2.11. The van der Waals surface area contributed by atoms with Crippen LogP contribution >= 0.6 is 0 Å². The largest absolute Gasteiger partial charge is 0.497 e. The number of ether oxygens (including phenoxy) is 2. The first-order valence-electron chi connectivity index (χ1n) is 12.8. The van der Waals surface area contributed by atoms with Crippen molar-refractivity contribution in [1.82, 2.24) is 0 Å². The molecule has 0 aliphatic heterocycles. The number of hydrogen-bond donors (Lipinski definition) is 0. The number of anilines is 4. The van der Waals surface area contributed by atoms with Crippen molar-refractivity contribution in [2.24, 2.45) is 0 Å². The van der Waals surface area contributed by atoms with Crippen molar-refractivity contribution in [3.63, 3.8) is 0 Å². The number of esters is 1. The monoisotopic (exact) mass is 568 g/mol. The predicted molar refractivity (Wildman–Crippen MR) is 162 cm³/mol. The molecule has 0 spiro atoms. The third kappa shape index (κ3) is 7.04. The van der Waals surface area contributed by atoms with Crippen LogP contribution in [0.5, 0.6) is 0 Å². The normalized spacial score (nSPS) is 10.9. The fraction of sp³-hybridized carbons (Fsp3) is 0.121. The molecule has 8 heteroatoms. The molecule has 0 saturated carbocycles. The molecule has 0 aliphatic carbocycles. The summed E-state index contributed by atoms with van der Waals surface area (Å²) in [4.78, 5) is 15.6. The minimum Gasteiger partial charge on any atom is -0.497 e. The van der Waals surface area contributed by atoms with Gasteiger partial charge in [-0.3, -0.25) is 0 Å². The average Bonchev–Trinajstić information content (AvgIpc) is 3.02. The highest BCUT2D eigenvalue weighted by molar-refractivity contribution is 7.91. The van der Waals surface area contributed by atoms with Gasteiger partial charge in [-0.2, -0.15) is 0 Å². The van der Waals surface area contributed by atoms with Crippen molar-refractivity contribution in [3.05, 3.63) is 134 Å². The molecular formula is C33H32N2O5S. The van der Waals surface area contributed by atoms with Crippen LogP contribution in [-0.2, 0) is 37.3 Å². The van der Waals surface area contributed by atoms with Gasteiger partial charge in [-0.1, -0.05) is 37.4 Å². The molecule has 0 aliphatic rings. The number of benzene rings is 4. The van der Waals surface area contributed by atoms with Gasteiger partial charge in [-0.15, -0.1) is 0 Å². The SMILES string of the molecule is C=COCc1ccc(N(C)c2ccc(S(=O)(=O)c3ccc(N(C)c4ccc(COC(=O)C=C)cc4)cc3)cc2)cc1. The topological polar surface area (TPSA) is 76.2 Å².